The third kappa shape index (κ3) is 3.73. The molecule has 1 unspecified atom stereocenters. The number of benzene rings is 2. The number of aromatic nitrogens is 4. The van der Waals surface area contributed by atoms with Gasteiger partial charge in [0, 0.05) is 16.6 Å². The van der Waals surface area contributed by atoms with Crippen molar-refractivity contribution in [2.24, 2.45) is 0 Å². The number of rotatable bonds is 4. The Bertz CT molecular complexity index is 1430. The van der Waals surface area contributed by atoms with E-state index in [1.165, 1.54) is 30.1 Å². The number of nitrogens with zero attached hydrogens (tertiary/aromatic N) is 4. The van der Waals surface area contributed by atoms with Crippen LogP contribution in [0.2, 0.25) is 0 Å². The lowest BCUT2D eigenvalue weighted by atomic mass is 10.2. The normalized spacial score (nSPS) is 15.2. The molecule has 1 amide bonds. The second-order valence-electron chi connectivity index (χ2n) is 7.54. The Hall–Kier alpha value is -2.98. The van der Waals surface area contributed by atoms with Crippen molar-refractivity contribution in [3.8, 4) is 5.69 Å². The fourth-order valence-corrected chi connectivity index (χ4v) is 5.20. The van der Waals surface area contributed by atoms with Crippen LogP contribution in [-0.2, 0) is 4.79 Å². The fourth-order valence-electron chi connectivity index (χ4n) is 3.74. The number of halogens is 2. The number of nitrogens with one attached hydrogen (secondary N) is 1. The zero-order chi connectivity index (χ0) is 22.4. The molecule has 1 aliphatic heterocycles. The number of fused-ring (bicyclic) bond motifs is 2. The molecular weight excluding hydrogens is 497 g/mol. The van der Waals surface area contributed by atoms with Crippen molar-refractivity contribution >= 4 is 50.3 Å². The minimum atomic E-state index is -0.530. The number of aryl methyl sites for hydroxylation is 1. The maximum absolute atomic E-state index is 14.0. The minimum Gasteiger partial charge on any atom is -0.324 e. The molecule has 1 aliphatic rings. The zero-order valence-electron chi connectivity index (χ0n) is 16.9. The monoisotopic (exact) mass is 513 g/mol. The molecule has 5 rings (SSSR count). The summed E-state index contributed by atoms with van der Waals surface area (Å²) in [6.07, 6.45) is 1.55. The first-order valence-electron chi connectivity index (χ1n) is 9.86. The Balaban J connectivity index is 1.44. The molecule has 162 valence electrons. The summed E-state index contributed by atoms with van der Waals surface area (Å²) in [5.41, 5.74) is 2.26. The standard InChI is InChI=1S/C22H17BrFN5O2S/c1-12-3-2-4-14(7-12)29-20-16(10-25-29)21(31)28-15(11-32-22(28)27-20)9-19(30)26-18-6-5-13(23)8-17(18)24/h2-8,10,15H,9,11H2,1H3,(H,26,30). The lowest BCUT2D eigenvalue weighted by Crippen LogP contribution is -2.28. The molecule has 2 aromatic carbocycles. The largest absolute Gasteiger partial charge is 0.324 e. The molecule has 0 spiro atoms. The number of carbonyl (C=O) groups excluding carboxylic acids is 1. The molecule has 0 saturated heterocycles. The van der Waals surface area contributed by atoms with Gasteiger partial charge < -0.3 is 5.32 Å². The smallest absolute Gasteiger partial charge is 0.265 e. The number of thioether (sulfide) groups is 1. The van der Waals surface area contributed by atoms with Crippen molar-refractivity contribution in [2.75, 3.05) is 11.1 Å². The third-order valence-corrected chi connectivity index (χ3v) is 6.83. The van der Waals surface area contributed by atoms with Crippen molar-refractivity contribution in [1.82, 2.24) is 19.3 Å². The van der Waals surface area contributed by atoms with Gasteiger partial charge in [0.15, 0.2) is 10.8 Å². The highest BCUT2D eigenvalue weighted by molar-refractivity contribution is 9.10. The first-order valence-corrected chi connectivity index (χ1v) is 11.6. The molecule has 4 aromatic rings. The van der Waals surface area contributed by atoms with Gasteiger partial charge >= 0.3 is 0 Å². The number of hydrogen-bond donors (Lipinski definition) is 1. The first-order chi connectivity index (χ1) is 15.4. The summed E-state index contributed by atoms with van der Waals surface area (Å²) in [6.45, 7) is 1.99. The average Bonchev–Trinajstić information content (AvgIpc) is 3.35. The van der Waals surface area contributed by atoms with Gasteiger partial charge in [-0.3, -0.25) is 14.2 Å². The maximum Gasteiger partial charge on any atom is 0.265 e. The van der Waals surface area contributed by atoms with Crippen molar-refractivity contribution < 1.29 is 9.18 Å². The molecule has 10 heteroatoms. The predicted molar refractivity (Wildman–Crippen MR) is 125 cm³/mol. The van der Waals surface area contributed by atoms with Crippen LogP contribution in [0.15, 0.2) is 63.1 Å². The van der Waals surface area contributed by atoms with Gasteiger partial charge in [0.1, 0.15) is 11.2 Å². The molecule has 0 aliphatic carbocycles. The number of anilines is 1. The van der Waals surface area contributed by atoms with E-state index in [1.54, 1.807) is 15.3 Å². The van der Waals surface area contributed by atoms with E-state index in [1.807, 2.05) is 31.2 Å². The SMILES string of the molecule is Cc1cccc(-n2ncc3c(=O)n4c(nc32)SCC4CC(=O)Nc2ccc(Br)cc2F)c1. The molecule has 1 atom stereocenters. The van der Waals surface area contributed by atoms with Crippen LogP contribution in [0.4, 0.5) is 10.1 Å². The van der Waals surface area contributed by atoms with Crippen LogP contribution < -0.4 is 10.9 Å². The molecule has 0 saturated carbocycles. The second-order valence-corrected chi connectivity index (χ2v) is 9.45. The molecular formula is C22H17BrFN5O2S. The van der Waals surface area contributed by atoms with Gasteiger partial charge in [0.25, 0.3) is 5.56 Å². The van der Waals surface area contributed by atoms with Gasteiger partial charge in [-0.25, -0.2) is 14.1 Å². The van der Waals surface area contributed by atoms with Crippen LogP contribution in [0.1, 0.15) is 18.0 Å². The average molecular weight is 514 g/mol. The molecule has 3 heterocycles. The maximum atomic E-state index is 14.0. The van der Waals surface area contributed by atoms with E-state index < -0.39 is 5.82 Å². The zero-order valence-corrected chi connectivity index (χ0v) is 19.3. The fraction of sp³-hybridized carbons (Fsp3) is 0.182. The van der Waals surface area contributed by atoms with Crippen LogP contribution in [0, 0.1) is 12.7 Å². The summed E-state index contributed by atoms with van der Waals surface area (Å²) in [4.78, 5) is 30.5. The second kappa shape index (κ2) is 8.18. The lowest BCUT2D eigenvalue weighted by molar-refractivity contribution is -0.116. The van der Waals surface area contributed by atoms with Crippen molar-refractivity contribution in [1.29, 1.82) is 0 Å². The van der Waals surface area contributed by atoms with Crippen molar-refractivity contribution in [2.45, 2.75) is 24.5 Å². The molecule has 1 N–H and O–H groups in total. The van der Waals surface area contributed by atoms with Gasteiger partial charge in [-0.1, -0.05) is 39.8 Å². The summed E-state index contributed by atoms with van der Waals surface area (Å²) < 4.78 is 17.8. The summed E-state index contributed by atoms with van der Waals surface area (Å²) in [7, 11) is 0. The molecule has 7 nitrogen and oxygen atoms in total. The van der Waals surface area contributed by atoms with Crippen LogP contribution in [0.5, 0.6) is 0 Å². The van der Waals surface area contributed by atoms with Crippen molar-refractivity contribution in [3.05, 3.63) is 74.9 Å². The quantitative estimate of drug-likeness (QED) is 0.407. The third-order valence-electron chi connectivity index (χ3n) is 5.24. The van der Waals surface area contributed by atoms with E-state index in [2.05, 4.69) is 31.3 Å². The minimum absolute atomic E-state index is 0.0363. The molecule has 0 fully saturated rings. The van der Waals surface area contributed by atoms with E-state index in [9.17, 15) is 14.0 Å². The van der Waals surface area contributed by atoms with Crippen LogP contribution >= 0.6 is 27.7 Å². The highest BCUT2D eigenvalue weighted by Gasteiger charge is 2.29. The summed E-state index contributed by atoms with van der Waals surface area (Å²) in [5, 5.41) is 7.90. The van der Waals surface area contributed by atoms with Crippen LogP contribution in [0.25, 0.3) is 16.7 Å². The molecule has 2 aromatic heterocycles. The Morgan fingerprint density at radius 1 is 1.31 bits per heavy atom. The Kier molecular flexibility index (Phi) is 5.34. The summed E-state index contributed by atoms with van der Waals surface area (Å²) in [6, 6.07) is 11.8. The summed E-state index contributed by atoms with van der Waals surface area (Å²) >= 11 is 4.61. The molecule has 0 radical (unpaired) electrons. The Morgan fingerprint density at radius 2 is 2.16 bits per heavy atom. The van der Waals surface area contributed by atoms with Gasteiger partial charge in [-0.05, 0) is 42.8 Å². The highest BCUT2D eigenvalue weighted by Crippen LogP contribution is 2.33. The van der Waals surface area contributed by atoms with E-state index in [0.717, 1.165) is 11.3 Å². The highest BCUT2D eigenvalue weighted by atomic mass is 79.9. The topological polar surface area (TPSA) is 81.8 Å². The van der Waals surface area contributed by atoms with Crippen LogP contribution in [-0.4, -0.2) is 31.0 Å². The molecule has 0 bridgehead atoms. The number of amides is 1. The van der Waals surface area contributed by atoms with E-state index in [-0.39, 0.29) is 29.6 Å². The van der Waals surface area contributed by atoms with E-state index in [4.69, 9.17) is 0 Å². The van der Waals surface area contributed by atoms with Gasteiger partial charge in [-0.15, -0.1) is 0 Å². The van der Waals surface area contributed by atoms with Gasteiger partial charge in [-0.2, -0.15) is 5.10 Å². The van der Waals surface area contributed by atoms with E-state index in [0.29, 0.717) is 26.4 Å². The molecule has 32 heavy (non-hydrogen) atoms. The Labute approximate surface area is 194 Å². The lowest BCUT2D eigenvalue weighted by Gasteiger charge is -2.14. The number of carbonyl (C=O) groups is 1. The predicted octanol–water partition coefficient (Wildman–Crippen LogP) is 4.47. The first kappa shape index (κ1) is 20.9. The van der Waals surface area contributed by atoms with Gasteiger partial charge in [0.05, 0.1) is 23.6 Å². The van der Waals surface area contributed by atoms with Crippen molar-refractivity contribution in [3.63, 3.8) is 0 Å². The number of hydrogen-bond acceptors (Lipinski definition) is 5. The Morgan fingerprint density at radius 3 is 2.94 bits per heavy atom. The van der Waals surface area contributed by atoms with Crippen LogP contribution in [0.3, 0.4) is 0 Å². The van der Waals surface area contributed by atoms with E-state index >= 15 is 0 Å². The van der Waals surface area contributed by atoms with Gasteiger partial charge in [0.2, 0.25) is 5.91 Å². The summed E-state index contributed by atoms with van der Waals surface area (Å²) in [5.74, 6) is -0.367.